The minimum absolute atomic E-state index is 0.375. The van der Waals surface area contributed by atoms with Gasteiger partial charge in [-0.2, -0.15) is 0 Å². The molecule has 0 saturated heterocycles. The van der Waals surface area contributed by atoms with Crippen molar-refractivity contribution in [1.82, 2.24) is 5.32 Å². The van der Waals surface area contributed by atoms with Gasteiger partial charge in [0, 0.05) is 12.1 Å². The molecule has 0 heterocycles. The number of amides is 1. The quantitative estimate of drug-likeness (QED) is 0.560. The largest absolute Gasteiger partial charge is 0.393 e. The van der Waals surface area contributed by atoms with Gasteiger partial charge in [-0.25, -0.2) is 0 Å². The van der Waals surface area contributed by atoms with Crippen LogP contribution in [0.15, 0.2) is 12.3 Å². The SMILES string of the molecule is C=C(CC(O)CCC)NC=O. The molecule has 11 heavy (non-hydrogen) atoms. The topological polar surface area (TPSA) is 49.3 Å². The summed E-state index contributed by atoms with van der Waals surface area (Å²) >= 11 is 0. The van der Waals surface area contributed by atoms with Gasteiger partial charge >= 0.3 is 0 Å². The van der Waals surface area contributed by atoms with Crippen LogP contribution in [0.2, 0.25) is 0 Å². The maximum atomic E-state index is 9.90. The van der Waals surface area contributed by atoms with Crippen molar-refractivity contribution in [2.75, 3.05) is 0 Å². The van der Waals surface area contributed by atoms with Crippen LogP contribution in [0.3, 0.4) is 0 Å². The summed E-state index contributed by atoms with van der Waals surface area (Å²) in [6.45, 7) is 5.56. The zero-order chi connectivity index (χ0) is 8.69. The first kappa shape index (κ1) is 10.2. The molecular formula is C8H15NO2. The van der Waals surface area contributed by atoms with Gasteiger partial charge in [0.25, 0.3) is 0 Å². The number of nitrogens with one attached hydrogen (secondary N) is 1. The first-order valence-corrected chi connectivity index (χ1v) is 3.76. The van der Waals surface area contributed by atoms with Gasteiger partial charge in [-0.1, -0.05) is 19.9 Å². The van der Waals surface area contributed by atoms with E-state index in [1.54, 1.807) is 0 Å². The van der Waals surface area contributed by atoms with E-state index in [4.69, 9.17) is 0 Å². The number of aliphatic hydroxyl groups excluding tert-OH is 1. The number of hydrogen-bond acceptors (Lipinski definition) is 2. The maximum Gasteiger partial charge on any atom is 0.211 e. The van der Waals surface area contributed by atoms with Crippen LogP contribution in [0.1, 0.15) is 26.2 Å². The van der Waals surface area contributed by atoms with Gasteiger partial charge in [0.05, 0.1) is 6.10 Å². The molecule has 1 unspecified atom stereocenters. The summed E-state index contributed by atoms with van der Waals surface area (Å²) in [5.74, 6) is 0. The van der Waals surface area contributed by atoms with Crippen LogP contribution >= 0.6 is 0 Å². The van der Waals surface area contributed by atoms with Gasteiger partial charge in [0.15, 0.2) is 0 Å². The molecule has 0 aromatic carbocycles. The van der Waals surface area contributed by atoms with Crippen molar-refractivity contribution in [2.24, 2.45) is 0 Å². The highest BCUT2D eigenvalue weighted by Gasteiger charge is 2.03. The van der Waals surface area contributed by atoms with Crippen molar-refractivity contribution in [3.05, 3.63) is 12.3 Å². The number of rotatable bonds is 6. The maximum absolute atomic E-state index is 9.90. The molecule has 0 aliphatic heterocycles. The van der Waals surface area contributed by atoms with Crippen molar-refractivity contribution in [3.8, 4) is 0 Å². The lowest BCUT2D eigenvalue weighted by atomic mass is 10.1. The zero-order valence-electron chi connectivity index (χ0n) is 6.84. The highest BCUT2D eigenvalue weighted by Crippen LogP contribution is 2.04. The van der Waals surface area contributed by atoms with Gasteiger partial charge in [-0.15, -0.1) is 0 Å². The number of aliphatic hydroxyl groups is 1. The smallest absolute Gasteiger partial charge is 0.211 e. The highest BCUT2D eigenvalue weighted by atomic mass is 16.3. The monoisotopic (exact) mass is 157 g/mol. The summed E-state index contributed by atoms with van der Waals surface area (Å²) < 4.78 is 0. The molecule has 0 rings (SSSR count). The van der Waals surface area contributed by atoms with Crippen LogP contribution in [0, 0.1) is 0 Å². The van der Waals surface area contributed by atoms with E-state index in [1.165, 1.54) is 0 Å². The molecule has 3 nitrogen and oxygen atoms in total. The predicted octanol–water partition coefficient (Wildman–Crippen LogP) is 0.797. The summed E-state index contributed by atoms with van der Waals surface area (Å²) in [6.07, 6.45) is 2.34. The molecule has 64 valence electrons. The van der Waals surface area contributed by atoms with Crippen LogP contribution in [0.25, 0.3) is 0 Å². The Balaban J connectivity index is 3.48. The standard InChI is InChI=1S/C8H15NO2/c1-3-4-8(11)5-7(2)9-6-10/h6,8,11H,2-5H2,1H3,(H,9,10). The Morgan fingerprint density at radius 1 is 1.82 bits per heavy atom. The van der Waals surface area contributed by atoms with Crippen molar-refractivity contribution in [1.29, 1.82) is 0 Å². The van der Waals surface area contributed by atoms with Crippen LogP contribution in [0.5, 0.6) is 0 Å². The molecule has 0 aliphatic carbocycles. The normalized spacial score (nSPS) is 12.2. The van der Waals surface area contributed by atoms with Crippen molar-refractivity contribution in [2.45, 2.75) is 32.3 Å². The van der Waals surface area contributed by atoms with Gasteiger partial charge < -0.3 is 10.4 Å². The fraction of sp³-hybridized carbons (Fsp3) is 0.625. The van der Waals surface area contributed by atoms with E-state index in [-0.39, 0.29) is 6.10 Å². The first-order chi connectivity index (χ1) is 5.20. The number of carbonyl (C=O) groups is 1. The van der Waals surface area contributed by atoms with Crippen molar-refractivity contribution >= 4 is 6.41 Å². The average Bonchev–Trinajstić information content (AvgIpc) is 1.87. The molecule has 0 spiro atoms. The Morgan fingerprint density at radius 2 is 2.45 bits per heavy atom. The van der Waals surface area contributed by atoms with E-state index in [9.17, 15) is 9.90 Å². The minimum Gasteiger partial charge on any atom is -0.393 e. The second kappa shape index (κ2) is 5.92. The Hall–Kier alpha value is -0.830. The van der Waals surface area contributed by atoms with Gasteiger partial charge in [-0.05, 0) is 6.42 Å². The van der Waals surface area contributed by atoms with E-state index in [1.807, 2.05) is 6.92 Å². The third-order valence-electron chi connectivity index (χ3n) is 1.37. The van der Waals surface area contributed by atoms with E-state index >= 15 is 0 Å². The second-order valence-corrected chi connectivity index (χ2v) is 2.51. The average molecular weight is 157 g/mol. The third kappa shape index (κ3) is 5.61. The molecule has 1 amide bonds. The van der Waals surface area contributed by atoms with Gasteiger partial charge in [-0.3, -0.25) is 4.79 Å². The summed E-state index contributed by atoms with van der Waals surface area (Å²) in [5.41, 5.74) is 0.570. The molecule has 2 N–H and O–H groups in total. The Morgan fingerprint density at radius 3 is 2.91 bits per heavy atom. The van der Waals surface area contributed by atoms with E-state index < -0.39 is 0 Å². The molecule has 3 heteroatoms. The Kier molecular flexibility index (Phi) is 5.47. The van der Waals surface area contributed by atoms with E-state index in [2.05, 4.69) is 11.9 Å². The molecule has 1 atom stereocenters. The lowest BCUT2D eigenvalue weighted by Gasteiger charge is -2.09. The number of carbonyl (C=O) groups excluding carboxylic acids is 1. The van der Waals surface area contributed by atoms with Gasteiger partial charge in [0.2, 0.25) is 6.41 Å². The molecule has 0 radical (unpaired) electrons. The lowest BCUT2D eigenvalue weighted by molar-refractivity contribution is -0.109. The third-order valence-corrected chi connectivity index (χ3v) is 1.37. The summed E-state index contributed by atoms with van der Waals surface area (Å²) in [6, 6.07) is 0. The lowest BCUT2D eigenvalue weighted by Crippen LogP contribution is -2.15. The summed E-state index contributed by atoms with van der Waals surface area (Å²) in [4.78, 5) is 9.90. The molecule has 0 saturated carbocycles. The highest BCUT2D eigenvalue weighted by molar-refractivity contribution is 5.49. The second-order valence-electron chi connectivity index (χ2n) is 2.51. The van der Waals surface area contributed by atoms with Gasteiger partial charge in [0.1, 0.15) is 0 Å². The molecular weight excluding hydrogens is 142 g/mol. The van der Waals surface area contributed by atoms with Crippen molar-refractivity contribution < 1.29 is 9.90 Å². The summed E-state index contributed by atoms with van der Waals surface area (Å²) in [5, 5.41) is 11.6. The summed E-state index contributed by atoms with van der Waals surface area (Å²) in [7, 11) is 0. The Labute approximate surface area is 67.1 Å². The molecule has 0 aliphatic rings. The fourth-order valence-electron chi connectivity index (χ4n) is 0.862. The molecule has 0 bridgehead atoms. The zero-order valence-corrected chi connectivity index (χ0v) is 6.84. The minimum atomic E-state index is -0.375. The van der Waals surface area contributed by atoms with Crippen molar-refractivity contribution in [3.63, 3.8) is 0 Å². The Bertz CT molecular complexity index is 134. The van der Waals surface area contributed by atoms with Crippen LogP contribution in [0.4, 0.5) is 0 Å². The van der Waals surface area contributed by atoms with E-state index in [0.29, 0.717) is 18.5 Å². The molecule has 0 aromatic heterocycles. The molecule has 0 aromatic rings. The first-order valence-electron chi connectivity index (χ1n) is 3.76. The van der Waals surface area contributed by atoms with Crippen LogP contribution < -0.4 is 5.32 Å². The molecule has 0 fully saturated rings. The van der Waals surface area contributed by atoms with Crippen LogP contribution in [-0.2, 0) is 4.79 Å². The predicted molar refractivity (Wildman–Crippen MR) is 43.9 cm³/mol. The number of hydrogen-bond donors (Lipinski definition) is 2. The van der Waals surface area contributed by atoms with Crippen LogP contribution in [-0.4, -0.2) is 17.6 Å². The fourth-order valence-corrected chi connectivity index (χ4v) is 0.862. The van der Waals surface area contributed by atoms with E-state index in [0.717, 1.165) is 12.8 Å².